The predicted molar refractivity (Wildman–Crippen MR) is 32.2 cm³/mol. The van der Waals surface area contributed by atoms with Gasteiger partial charge in [-0.25, -0.2) is 5.43 Å². The second-order valence-corrected chi connectivity index (χ2v) is 1.74. The largest absolute Gasteiger partial charge is 1.00 e. The average molecular weight is 144 g/mol. The Bertz CT molecular complexity index is 57.7. The van der Waals surface area contributed by atoms with Gasteiger partial charge in [-0.15, -0.1) is 0 Å². The molecule has 0 aliphatic heterocycles. The predicted octanol–water partition coefficient (Wildman–Crippen LogP) is -3.45. The van der Waals surface area contributed by atoms with Gasteiger partial charge in [0.15, 0.2) is 0 Å². The minimum Gasteiger partial charge on any atom is -0.410 e. The Labute approximate surface area is 76.1 Å². The molecule has 0 bridgehead atoms. The molecule has 0 aliphatic rings. The van der Waals surface area contributed by atoms with E-state index in [2.05, 4.69) is 35.7 Å². The number of thiocarbonyl (C=S) groups is 1. The molecule has 0 heterocycles. The van der Waals surface area contributed by atoms with Crippen molar-refractivity contribution in [3.63, 3.8) is 0 Å². The molecule has 36 valence electrons. The third-order valence-corrected chi connectivity index (χ3v) is 0.431. The Kier molecular flexibility index (Phi) is 11.1. The minimum atomic E-state index is 0. The summed E-state index contributed by atoms with van der Waals surface area (Å²) in [6.45, 7) is 0. The van der Waals surface area contributed by atoms with E-state index in [9.17, 15) is 0 Å². The van der Waals surface area contributed by atoms with Gasteiger partial charge in [0.1, 0.15) is 0 Å². The van der Waals surface area contributed by atoms with E-state index in [-0.39, 0.29) is 29.6 Å². The minimum absolute atomic E-state index is 0. The quantitative estimate of drug-likeness (QED) is 0.173. The molecule has 0 aromatic heterocycles. The van der Waals surface area contributed by atoms with Crippen LogP contribution in [0.5, 0.6) is 0 Å². The average Bonchev–Trinajstić information content (AvgIpc) is 1.35. The van der Waals surface area contributed by atoms with Gasteiger partial charge in [0, 0.05) is 7.05 Å². The van der Waals surface area contributed by atoms with E-state index in [1.54, 1.807) is 7.05 Å². The summed E-state index contributed by atoms with van der Waals surface area (Å²) in [6.07, 6.45) is 0. The van der Waals surface area contributed by atoms with Crippen molar-refractivity contribution in [1.82, 2.24) is 10.9 Å². The van der Waals surface area contributed by atoms with E-state index in [1.807, 2.05) is 0 Å². The summed E-state index contributed by atoms with van der Waals surface area (Å²) in [4.78, 5) is 0. The standard InChI is InChI=1S/C2H6N2S2.Na/c1-3-4-2(5)6;/h3H,1H3,(H2,4,5,6);/q;+1/p-1. The zero-order chi connectivity index (χ0) is 4.99. The van der Waals surface area contributed by atoms with Crippen molar-refractivity contribution in [3.05, 3.63) is 0 Å². The van der Waals surface area contributed by atoms with Crippen LogP contribution in [0.1, 0.15) is 0 Å². The van der Waals surface area contributed by atoms with Crippen LogP contribution in [0.4, 0.5) is 0 Å². The summed E-state index contributed by atoms with van der Waals surface area (Å²) in [5.41, 5.74) is 5.08. The number of hydrazine groups is 1. The van der Waals surface area contributed by atoms with E-state index >= 15 is 0 Å². The molecular formula is C2H5N2NaS2. The topological polar surface area (TPSA) is 24.1 Å². The molecule has 0 atom stereocenters. The molecular weight excluding hydrogens is 139 g/mol. The van der Waals surface area contributed by atoms with Crippen molar-refractivity contribution in [1.29, 1.82) is 0 Å². The van der Waals surface area contributed by atoms with E-state index < -0.39 is 0 Å². The molecule has 0 saturated carbocycles. The van der Waals surface area contributed by atoms with Gasteiger partial charge in [-0.2, -0.15) is 0 Å². The molecule has 2 nitrogen and oxygen atoms in total. The van der Waals surface area contributed by atoms with E-state index in [1.165, 1.54) is 0 Å². The summed E-state index contributed by atoms with van der Waals surface area (Å²) in [5, 5.41) is 0. The molecule has 0 radical (unpaired) electrons. The van der Waals surface area contributed by atoms with Gasteiger partial charge < -0.3 is 30.3 Å². The number of hydrogen-bond donors (Lipinski definition) is 2. The van der Waals surface area contributed by atoms with Crippen LogP contribution in [-0.2, 0) is 12.6 Å². The molecule has 7 heavy (non-hydrogen) atoms. The molecule has 0 aromatic carbocycles. The molecule has 5 heteroatoms. The maximum absolute atomic E-state index is 4.44. The molecule has 2 N–H and O–H groups in total. The van der Waals surface area contributed by atoms with Crippen molar-refractivity contribution in [2.24, 2.45) is 0 Å². The van der Waals surface area contributed by atoms with E-state index in [0.717, 1.165) is 0 Å². The smallest absolute Gasteiger partial charge is 0.410 e. The molecule has 0 aromatic rings. The number of rotatable bonds is 1. The van der Waals surface area contributed by atoms with Crippen LogP contribution < -0.4 is 40.4 Å². The summed E-state index contributed by atoms with van der Waals surface area (Å²) in [6, 6.07) is 0. The van der Waals surface area contributed by atoms with Crippen LogP contribution in [0.2, 0.25) is 0 Å². The van der Waals surface area contributed by atoms with Gasteiger partial charge in [0.25, 0.3) is 0 Å². The SMILES string of the molecule is CNNC(=S)[S-].[Na+]. The molecule has 0 aliphatic carbocycles. The zero-order valence-corrected chi connectivity index (χ0v) is 7.95. The van der Waals surface area contributed by atoms with Crippen LogP contribution in [0, 0.1) is 0 Å². The van der Waals surface area contributed by atoms with Crippen LogP contribution in [-0.4, -0.2) is 11.4 Å². The van der Waals surface area contributed by atoms with Gasteiger partial charge in [-0.1, -0.05) is 0 Å². The Morgan fingerprint density at radius 1 is 1.71 bits per heavy atom. The van der Waals surface area contributed by atoms with E-state index in [0.29, 0.717) is 4.32 Å². The summed E-state index contributed by atoms with van der Waals surface area (Å²) >= 11 is 8.87. The molecule has 0 spiro atoms. The van der Waals surface area contributed by atoms with Crippen LogP contribution in [0.3, 0.4) is 0 Å². The third-order valence-electron chi connectivity index (χ3n) is 0.227. The Balaban J connectivity index is 0. The Morgan fingerprint density at radius 2 is 2.14 bits per heavy atom. The molecule has 0 fully saturated rings. The number of hydrogen-bond acceptors (Lipinski definition) is 3. The summed E-state index contributed by atoms with van der Waals surface area (Å²) in [7, 11) is 1.71. The van der Waals surface area contributed by atoms with Gasteiger partial charge in [-0.05, 0) is 4.32 Å². The second kappa shape index (κ2) is 7.07. The van der Waals surface area contributed by atoms with Gasteiger partial charge in [-0.3, -0.25) is 0 Å². The first-order chi connectivity index (χ1) is 2.77. The molecule has 0 rings (SSSR count). The Morgan fingerprint density at radius 3 is 2.14 bits per heavy atom. The van der Waals surface area contributed by atoms with Crippen LogP contribution in [0.25, 0.3) is 0 Å². The molecule has 0 saturated heterocycles. The molecule has 0 unspecified atom stereocenters. The Hall–Kier alpha value is 1.07. The molecule has 0 amide bonds. The first-order valence-corrected chi connectivity index (χ1v) is 2.22. The van der Waals surface area contributed by atoms with Crippen molar-refractivity contribution >= 4 is 29.2 Å². The van der Waals surface area contributed by atoms with Gasteiger partial charge in [0.05, 0.1) is 0 Å². The second-order valence-electron chi connectivity index (χ2n) is 0.662. The fourth-order valence-electron chi connectivity index (χ4n) is 0.102. The first-order valence-electron chi connectivity index (χ1n) is 1.41. The third kappa shape index (κ3) is 11.0. The van der Waals surface area contributed by atoms with Crippen molar-refractivity contribution in [3.8, 4) is 0 Å². The summed E-state index contributed by atoms with van der Waals surface area (Å²) < 4.78 is 0.345. The van der Waals surface area contributed by atoms with Gasteiger partial charge in [0.2, 0.25) is 0 Å². The van der Waals surface area contributed by atoms with Crippen molar-refractivity contribution < 1.29 is 29.6 Å². The first kappa shape index (κ1) is 10.9. The zero-order valence-electron chi connectivity index (χ0n) is 4.32. The number of nitrogens with one attached hydrogen (secondary N) is 2. The van der Waals surface area contributed by atoms with Crippen molar-refractivity contribution in [2.45, 2.75) is 0 Å². The monoisotopic (exact) mass is 144 g/mol. The van der Waals surface area contributed by atoms with Crippen LogP contribution in [0.15, 0.2) is 0 Å². The fourth-order valence-corrected chi connectivity index (χ4v) is 0.306. The maximum atomic E-state index is 4.44. The van der Waals surface area contributed by atoms with E-state index in [4.69, 9.17) is 0 Å². The fraction of sp³-hybridized carbons (Fsp3) is 0.500. The normalized spacial score (nSPS) is 6.43. The van der Waals surface area contributed by atoms with Gasteiger partial charge >= 0.3 is 29.6 Å². The summed E-state index contributed by atoms with van der Waals surface area (Å²) in [5.74, 6) is 0. The van der Waals surface area contributed by atoms with Crippen molar-refractivity contribution in [2.75, 3.05) is 7.05 Å². The van der Waals surface area contributed by atoms with Crippen LogP contribution >= 0.6 is 12.2 Å². The maximum Gasteiger partial charge on any atom is 1.00 e.